The highest BCUT2D eigenvalue weighted by Crippen LogP contribution is 2.19. The van der Waals surface area contributed by atoms with Gasteiger partial charge in [-0.05, 0) is 56.3 Å². The summed E-state index contributed by atoms with van der Waals surface area (Å²) < 4.78 is 7.05. The van der Waals surface area contributed by atoms with E-state index in [9.17, 15) is 9.59 Å². The van der Waals surface area contributed by atoms with E-state index in [4.69, 9.17) is 10.5 Å². The van der Waals surface area contributed by atoms with Crippen molar-refractivity contribution in [2.45, 2.75) is 13.8 Å². The molecule has 3 aromatic rings. The number of carbonyl (C=O) groups is 2. The molecule has 3 rings (SSSR count). The van der Waals surface area contributed by atoms with E-state index in [1.54, 1.807) is 30.3 Å². The summed E-state index contributed by atoms with van der Waals surface area (Å²) in [6.45, 7) is 3.69. The van der Waals surface area contributed by atoms with E-state index in [2.05, 4.69) is 10.4 Å². The van der Waals surface area contributed by atoms with E-state index in [-0.39, 0.29) is 12.5 Å². The predicted octanol–water partition coefficient (Wildman–Crippen LogP) is 3.01. The standard InChI is InChI=1S/C22H22N4O3/c1-15-20(16(2)26(25-15)18-6-4-3-5-7-18)12-13-22(28)24-17-8-10-19(11-9-17)29-14-21(23)27/h3-13H,14H2,1-2H3,(H2,23,27)(H,24,28)/b13-12+. The quantitative estimate of drug-likeness (QED) is 0.606. The fourth-order valence-corrected chi connectivity index (χ4v) is 2.85. The van der Waals surface area contributed by atoms with Crippen LogP contribution in [0.1, 0.15) is 17.0 Å². The third-order valence-corrected chi connectivity index (χ3v) is 4.25. The topological polar surface area (TPSA) is 99.2 Å². The molecule has 2 aromatic carbocycles. The summed E-state index contributed by atoms with van der Waals surface area (Å²) in [6, 6.07) is 16.5. The molecule has 7 heteroatoms. The van der Waals surface area contributed by atoms with Gasteiger partial charge in [0.2, 0.25) is 5.91 Å². The fourth-order valence-electron chi connectivity index (χ4n) is 2.85. The van der Waals surface area contributed by atoms with Crippen molar-refractivity contribution in [1.29, 1.82) is 0 Å². The molecule has 0 bridgehead atoms. The average Bonchev–Trinajstić information content (AvgIpc) is 3.00. The number of nitrogens with one attached hydrogen (secondary N) is 1. The number of nitrogens with two attached hydrogens (primary N) is 1. The molecule has 0 unspecified atom stereocenters. The fraction of sp³-hybridized carbons (Fsp3) is 0.136. The van der Waals surface area contributed by atoms with Crippen molar-refractivity contribution in [3.8, 4) is 11.4 Å². The minimum atomic E-state index is -0.548. The summed E-state index contributed by atoms with van der Waals surface area (Å²) in [7, 11) is 0. The van der Waals surface area contributed by atoms with Gasteiger partial charge >= 0.3 is 0 Å². The number of aromatic nitrogens is 2. The molecule has 0 atom stereocenters. The van der Waals surface area contributed by atoms with Crippen molar-refractivity contribution in [2.75, 3.05) is 11.9 Å². The monoisotopic (exact) mass is 390 g/mol. The maximum atomic E-state index is 12.3. The van der Waals surface area contributed by atoms with Gasteiger partial charge in [0.15, 0.2) is 6.61 Å². The van der Waals surface area contributed by atoms with Crippen molar-refractivity contribution in [3.63, 3.8) is 0 Å². The molecule has 2 amide bonds. The van der Waals surface area contributed by atoms with E-state index in [0.717, 1.165) is 22.6 Å². The maximum absolute atomic E-state index is 12.3. The van der Waals surface area contributed by atoms with Crippen molar-refractivity contribution in [3.05, 3.63) is 77.6 Å². The molecule has 0 saturated carbocycles. The zero-order chi connectivity index (χ0) is 20.8. The Bertz CT molecular complexity index is 1040. The van der Waals surface area contributed by atoms with Crippen LogP contribution in [0.4, 0.5) is 5.69 Å². The number of benzene rings is 2. The van der Waals surface area contributed by atoms with E-state index >= 15 is 0 Å². The zero-order valence-corrected chi connectivity index (χ0v) is 16.3. The molecular formula is C22H22N4O3. The normalized spacial score (nSPS) is 10.8. The first-order chi connectivity index (χ1) is 13.9. The number of rotatable bonds is 7. The highest BCUT2D eigenvalue weighted by atomic mass is 16.5. The predicted molar refractivity (Wildman–Crippen MR) is 112 cm³/mol. The van der Waals surface area contributed by atoms with Crippen LogP contribution in [-0.4, -0.2) is 28.2 Å². The summed E-state index contributed by atoms with van der Waals surface area (Å²) >= 11 is 0. The Morgan fingerprint density at radius 3 is 2.45 bits per heavy atom. The summed E-state index contributed by atoms with van der Waals surface area (Å²) in [6.07, 6.45) is 3.24. The number of hydrogen-bond donors (Lipinski definition) is 2. The minimum absolute atomic E-state index is 0.191. The van der Waals surface area contributed by atoms with Gasteiger partial charge in [-0.1, -0.05) is 18.2 Å². The second-order valence-electron chi connectivity index (χ2n) is 6.43. The smallest absolute Gasteiger partial charge is 0.255 e. The van der Waals surface area contributed by atoms with Crippen LogP contribution in [0.15, 0.2) is 60.7 Å². The van der Waals surface area contributed by atoms with Crippen LogP contribution in [0.5, 0.6) is 5.75 Å². The van der Waals surface area contributed by atoms with Gasteiger partial charge in [-0.25, -0.2) is 4.68 Å². The summed E-state index contributed by atoms with van der Waals surface area (Å²) in [5.74, 6) is -0.312. The third kappa shape index (κ3) is 5.10. The number of anilines is 1. The molecule has 0 saturated heterocycles. The van der Waals surface area contributed by atoms with Gasteiger partial charge in [-0.15, -0.1) is 0 Å². The van der Waals surface area contributed by atoms with Crippen LogP contribution in [0, 0.1) is 13.8 Å². The number of ether oxygens (including phenoxy) is 1. The lowest BCUT2D eigenvalue weighted by Crippen LogP contribution is -2.20. The molecule has 148 valence electrons. The Labute approximate surface area is 168 Å². The van der Waals surface area contributed by atoms with Crippen LogP contribution >= 0.6 is 0 Å². The second-order valence-corrected chi connectivity index (χ2v) is 6.43. The number of aryl methyl sites for hydroxylation is 1. The van der Waals surface area contributed by atoms with Gasteiger partial charge in [0.05, 0.1) is 11.4 Å². The lowest BCUT2D eigenvalue weighted by molar-refractivity contribution is -0.120. The number of hydrogen-bond acceptors (Lipinski definition) is 4. The Morgan fingerprint density at radius 1 is 1.10 bits per heavy atom. The van der Waals surface area contributed by atoms with E-state index in [0.29, 0.717) is 11.4 Å². The van der Waals surface area contributed by atoms with Crippen LogP contribution < -0.4 is 15.8 Å². The number of primary amides is 1. The van der Waals surface area contributed by atoms with Gasteiger partial charge < -0.3 is 15.8 Å². The minimum Gasteiger partial charge on any atom is -0.484 e. The van der Waals surface area contributed by atoms with Crippen molar-refractivity contribution in [2.24, 2.45) is 5.73 Å². The molecule has 0 aliphatic carbocycles. The highest BCUT2D eigenvalue weighted by molar-refractivity contribution is 6.02. The first kappa shape index (κ1) is 19.9. The first-order valence-electron chi connectivity index (χ1n) is 9.06. The molecule has 1 heterocycles. The molecule has 0 fully saturated rings. The molecule has 7 nitrogen and oxygen atoms in total. The summed E-state index contributed by atoms with van der Waals surface area (Å²) in [4.78, 5) is 23.0. The van der Waals surface area contributed by atoms with Gasteiger partial charge in [-0.2, -0.15) is 5.10 Å². The number of nitrogens with zero attached hydrogens (tertiary/aromatic N) is 2. The lowest BCUT2D eigenvalue weighted by atomic mass is 10.2. The second kappa shape index (κ2) is 8.88. The number of carbonyl (C=O) groups excluding carboxylic acids is 2. The SMILES string of the molecule is Cc1nn(-c2ccccc2)c(C)c1/C=C/C(=O)Nc1ccc(OCC(N)=O)cc1. The van der Waals surface area contributed by atoms with Crippen LogP contribution in [0.25, 0.3) is 11.8 Å². The summed E-state index contributed by atoms with van der Waals surface area (Å²) in [5, 5.41) is 7.35. The van der Waals surface area contributed by atoms with Crippen LogP contribution in [0.2, 0.25) is 0 Å². The largest absolute Gasteiger partial charge is 0.484 e. The van der Waals surface area contributed by atoms with E-state index < -0.39 is 5.91 Å². The Kier molecular flexibility index (Phi) is 6.09. The van der Waals surface area contributed by atoms with Crippen LogP contribution in [-0.2, 0) is 9.59 Å². The highest BCUT2D eigenvalue weighted by Gasteiger charge is 2.10. The van der Waals surface area contributed by atoms with E-state index in [1.807, 2.05) is 48.9 Å². The Hall–Kier alpha value is -3.87. The number of para-hydroxylation sites is 1. The van der Waals surface area contributed by atoms with E-state index in [1.165, 1.54) is 6.08 Å². The van der Waals surface area contributed by atoms with Gasteiger partial charge in [0.1, 0.15) is 5.75 Å². The lowest BCUT2D eigenvalue weighted by Gasteiger charge is -2.06. The molecular weight excluding hydrogens is 368 g/mol. The molecule has 0 spiro atoms. The molecule has 3 N–H and O–H groups in total. The average molecular weight is 390 g/mol. The first-order valence-corrected chi connectivity index (χ1v) is 9.06. The molecule has 29 heavy (non-hydrogen) atoms. The molecule has 0 aliphatic rings. The Balaban J connectivity index is 1.67. The summed E-state index contributed by atoms with van der Waals surface area (Å²) in [5.41, 5.74) is 9.31. The van der Waals surface area contributed by atoms with Gasteiger partial charge in [0.25, 0.3) is 5.91 Å². The Morgan fingerprint density at radius 2 is 1.79 bits per heavy atom. The molecule has 0 aliphatic heterocycles. The van der Waals surface area contributed by atoms with Crippen molar-refractivity contribution >= 4 is 23.6 Å². The van der Waals surface area contributed by atoms with Crippen molar-refractivity contribution < 1.29 is 14.3 Å². The van der Waals surface area contributed by atoms with Crippen LogP contribution in [0.3, 0.4) is 0 Å². The van der Waals surface area contributed by atoms with Crippen molar-refractivity contribution in [1.82, 2.24) is 9.78 Å². The maximum Gasteiger partial charge on any atom is 0.255 e. The number of amides is 2. The third-order valence-electron chi connectivity index (χ3n) is 4.25. The van der Waals surface area contributed by atoms with Gasteiger partial charge in [-0.3, -0.25) is 9.59 Å². The van der Waals surface area contributed by atoms with Gasteiger partial charge in [0, 0.05) is 23.0 Å². The molecule has 0 radical (unpaired) electrons. The zero-order valence-electron chi connectivity index (χ0n) is 16.3. The molecule has 1 aromatic heterocycles.